The minimum absolute atomic E-state index is 0.00658. The van der Waals surface area contributed by atoms with Crippen LogP contribution >= 0.6 is 0 Å². The summed E-state index contributed by atoms with van der Waals surface area (Å²) >= 11 is 0. The standard InChI is InChI=1S/C27H29F2N3O4/c1-14(2)25-21(15-7-9-27(36-4,10-8-15)26(33)34)22-19(11-16-13-30-31-24(16)23(22)29)32(25)17-5-6-18(28)20(12-17)35-3/h5-6,11-15H,7-10H2,1-4H3,(H,30,31)(H,33,34). The number of carbonyl (C=O) groups is 1. The highest BCUT2D eigenvalue weighted by atomic mass is 19.1. The van der Waals surface area contributed by atoms with Crippen molar-refractivity contribution in [2.45, 2.75) is 57.0 Å². The number of hydrogen-bond acceptors (Lipinski definition) is 4. The molecule has 0 amide bonds. The van der Waals surface area contributed by atoms with Crippen molar-refractivity contribution in [3.05, 3.63) is 53.4 Å². The first kappa shape index (κ1) is 24.2. The fourth-order valence-electron chi connectivity index (χ4n) is 5.77. The SMILES string of the molecule is COc1cc(-n2c(C(C)C)c(C3CCC(OC)(C(=O)O)CC3)c3c(F)c4[nH]ncc4cc32)ccc1F. The molecule has 2 heterocycles. The molecular formula is C27H29F2N3O4. The van der Waals surface area contributed by atoms with Crippen LogP contribution in [-0.4, -0.2) is 45.7 Å². The molecule has 1 aliphatic carbocycles. The van der Waals surface area contributed by atoms with Gasteiger partial charge in [-0.1, -0.05) is 13.8 Å². The predicted molar refractivity (Wildman–Crippen MR) is 132 cm³/mol. The molecule has 0 radical (unpaired) electrons. The van der Waals surface area contributed by atoms with Gasteiger partial charge >= 0.3 is 5.97 Å². The second kappa shape index (κ2) is 8.89. The van der Waals surface area contributed by atoms with E-state index >= 15 is 4.39 Å². The van der Waals surface area contributed by atoms with Crippen molar-refractivity contribution in [2.75, 3.05) is 14.2 Å². The summed E-state index contributed by atoms with van der Waals surface area (Å²) < 4.78 is 43.1. The van der Waals surface area contributed by atoms with Crippen molar-refractivity contribution < 1.29 is 28.2 Å². The third-order valence-electron chi connectivity index (χ3n) is 7.60. The van der Waals surface area contributed by atoms with Crippen LogP contribution in [0.25, 0.3) is 27.5 Å². The molecule has 0 saturated heterocycles. The largest absolute Gasteiger partial charge is 0.494 e. The molecular weight excluding hydrogens is 468 g/mol. The molecule has 4 aromatic rings. The lowest BCUT2D eigenvalue weighted by Crippen LogP contribution is -2.43. The number of aromatic amines is 1. The Morgan fingerprint density at radius 3 is 2.56 bits per heavy atom. The first-order valence-electron chi connectivity index (χ1n) is 12.0. The van der Waals surface area contributed by atoms with Crippen LogP contribution in [0.5, 0.6) is 5.75 Å². The van der Waals surface area contributed by atoms with E-state index in [1.165, 1.54) is 20.3 Å². The van der Waals surface area contributed by atoms with Gasteiger partial charge in [0.1, 0.15) is 5.52 Å². The summed E-state index contributed by atoms with van der Waals surface area (Å²) in [5.41, 5.74) is 2.15. The van der Waals surface area contributed by atoms with Gasteiger partial charge in [0.2, 0.25) is 0 Å². The summed E-state index contributed by atoms with van der Waals surface area (Å²) in [5, 5.41) is 17.7. The van der Waals surface area contributed by atoms with E-state index in [4.69, 9.17) is 9.47 Å². The number of rotatable bonds is 6. The van der Waals surface area contributed by atoms with Gasteiger partial charge in [-0.3, -0.25) is 5.10 Å². The van der Waals surface area contributed by atoms with Crippen LogP contribution in [0.2, 0.25) is 0 Å². The number of benzene rings is 2. The molecule has 0 bridgehead atoms. The molecule has 190 valence electrons. The molecule has 2 aromatic carbocycles. The van der Waals surface area contributed by atoms with E-state index in [1.54, 1.807) is 18.3 Å². The zero-order valence-corrected chi connectivity index (χ0v) is 20.7. The molecule has 1 saturated carbocycles. The van der Waals surface area contributed by atoms with Crippen molar-refractivity contribution >= 4 is 27.8 Å². The lowest BCUT2D eigenvalue weighted by Gasteiger charge is -2.36. The molecule has 2 aromatic heterocycles. The number of H-pyrrole nitrogens is 1. The van der Waals surface area contributed by atoms with Gasteiger partial charge < -0.3 is 19.1 Å². The monoisotopic (exact) mass is 497 g/mol. The average Bonchev–Trinajstić information content (AvgIpc) is 3.48. The number of fused-ring (bicyclic) bond motifs is 2. The summed E-state index contributed by atoms with van der Waals surface area (Å²) in [6, 6.07) is 6.51. The molecule has 2 N–H and O–H groups in total. The van der Waals surface area contributed by atoms with Gasteiger partial charge in [0.25, 0.3) is 0 Å². The average molecular weight is 498 g/mol. The lowest BCUT2D eigenvalue weighted by molar-refractivity contribution is -0.166. The number of ether oxygens (including phenoxy) is 2. The summed E-state index contributed by atoms with van der Waals surface area (Å²) in [6.45, 7) is 4.08. The Balaban J connectivity index is 1.80. The lowest BCUT2D eigenvalue weighted by atomic mass is 9.74. The molecule has 0 spiro atoms. The zero-order chi connectivity index (χ0) is 25.8. The second-order valence-corrected chi connectivity index (χ2v) is 9.80. The van der Waals surface area contributed by atoms with Crippen LogP contribution in [-0.2, 0) is 9.53 Å². The Hall–Kier alpha value is -3.46. The maximum atomic E-state index is 16.2. The van der Waals surface area contributed by atoms with Crippen LogP contribution in [0.1, 0.15) is 62.6 Å². The smallest absolute Gasteiger partial charge is 0.335 e. The van der Waals surface area contributed by atoms with Crippen molar-refractivity contribution in [3.8, 4) is 11.4 Å². The highest BCUT2D eigenvalue weighted by molar-refractivity contribution is 6.00. The number of carboxylic acids is 1. The van der Waals surface area contributed by atoms with E-state index in [1.807, 2.05) is 24.5 Å². The van der Waals surface area contributed by atoms with E-state index in [0.29, 0.717) is 53.2 Å². The van der Waals surface area contributed by atoms with Crippen molar-refractivity contribution in [3.63, 3.8) is 0 Å². The Morgan fingerprint density at radius 1 is 1.22 bits per heavy atom. The third-order valence-corrected chi connectivity index (χ3v) is 7.60. The molecule has 1 fully saturated rings. The molecule has 36 heavy (non-hydrogen) atoms. The number of halogens is 2. The van der Waals surface area contributed by atoms with Crippen LogP contribution in [0.15, 0.2) is 30.5 Å². The van der Waals surface area contributed by atoms with Crippen LogP contribution in [0.3, 0.4) is 0 Å². The summed E-state index contributed by atoms with van der Waals surface area (Å²) in [4.78, 5) is 11.9. The van der Waals surface area contributed by atoms with E-state index < -0.39 is 23.2 Å². The van der Waals surface area contributed by atoms with Gasteiger partial charge in [-0.2, -0.15) is 5.10 Å². The fourth-order valence-corrected chi connectivity index (χ4v) is 5.77. The number of methoxy groups -OCH3 is 2. The maximum absolute atomic E-state index is 16.2. The number of aromatic nitrogens is 3. The molecule has 7 nitrogen and oxygen atoms in total. The van der Waals surface area contributed by atoms with Crippen molar-refractivity contribution in [1.29, 1.82) is 0 Å². The first-order chi connectivity index (χ1) is 17.2. The van der Waals surface area contributed by atoms with Gasteiger partial charge in [-0.05, 0) is 61.3 Å². The third kappa shape index (κ3) is 3.56. The summed E-state index contributed by atoms with van der Waals surface area (Å²) in [7, 11) is 2.84. The second-order valence-electron chi connectivity index (χ2n) is 9.80. The quantitative estimate of drug-likeness (QED) is 0.339. The van der Waals surface area contributed by atoms with Crippen LogP contribution < -0.4 is 4.74 Å². The number of aliphatic carboxylic acids is 1. The van der Waals surface area contributed by atoms with Crippen molar-refractivity contribution in [1.82, 2.24) is 14.8 Å². The summed E-state index contributed by atoms with van der Waals surface area (Å²) in [6.07, 6.45) is 3.30. The number of hydrogen-bond donors (Lipinski definition) is 2. The molecule has 1 aliphatic rings. The molecule has 0 atom stereocenters. The maximum Gasteiger partial charge on any atom is 0.335 e. The van der Waals surface area contributed by atoms with E-state index in [2.05, 4.69) is 10.2 Å². The van der Waals surface area contributed by atoms with Gasteiger partial charge in [0.15, 0.2) is 23.0 Å². The fraction of sp³-hybridized carbons (Fsp3) is 0.407. The highest BCUT2D eigenvalue weighted by Crippen LogP contribution is 2.48. The molecule has 9 heteroatoms. The van der Waals surface area contributed by atoms with E-state index in [9.17, 15) is 14.3 Å². The summed E-state index contributed by atoms with van der Waals surface area (Å²) in [5.74, 6) is -1.84. The Bertz CT molecular complexity index is 1470. The number of nitrogens with one attached hydrogen (secondary N) is 1. The normalized spacial score (nSPS) is 20.5. The number of carboxylic acid groups (broad SMARTS) is 1. The van der Waals surface area contributed by atoms with Crippen molar-refractivity contribution in [2.24, 2.45) is 0 Å². The minimum atomic E-state index is -1.23. The van der Waals surface area contributed by atoms with Gasteiger partial charge in [0, 0.05) is 35.3 Å². The minimum Gasteiger partial charge on any atom is -0.494 e. The highest BCUT2D eigenvalue weighted by Gasteiger charge is 2.44. The molecule has 0 unspecified atom stereocenters. The van der Waals surface area contributed by atoms with E-state index in [0.717, 1.165) is 11.3 Å². The van der Waals surface area contributed by atoms with Gasteiger partial charge in [0.05, 0.1) is 18.8 Å². The zero-order valence-electron chi connectivity index (χ0n) is 20.7. The van der Waals surface area contributed by atoms with Crippen LogP contribution in [0.4, 0.5) is 8.78 Å². The predicted octanol–water partition coefficient (Wildman–Crippen LogP) is 6.04. The Kier molecular flexibility index (Phi) is 5.98. The molecule has 0 aliphatic heterocycles. The van der Waals surface area contributed by atoms with Gasteiger partial charge in [-0.25, -0.2) is 13.6 Å². The Labute approximate surface area is 207 Å². The number of nitrogens with zero attached hydrogens (tertiary/aromatic N) is 2. The molecule has 5 rings (SSSR count). The first-order valence-corrected chi connectivity index (χ1v) is 12.0. The van der Waals surface area contributed by atoms with Gasteiger partial charge in [-0.15, -0.1) is 0 Å². The topological polar surface area (TPSA) is 89.4 Å². The van der Waals surface area contributed by atoms with Crippen LogP contribution in [0, 0.1) is 11.6 Å². The Morgan fingerprint density at radius 2 is 1.94 bits per heavy atom. The van der Waals surface area contributed by atoms with E-state index in [-0.39, 0.29) is 17.6 Å².